The molecule has 1 unspecified atom stereocenters. The topological polar surface area (TPSA) is 46.2 Å². The van der Waals surface area contributed by atoms with E-state index in [1.54, 1.807) is 0 Å². The summed E-state index contributed by atoms with van der Waals surface area (Å²) in [6.07, 6.45) is 0.499. The molecule has 7 heavy (non-hydrogen) atoms. The van der Waals surface area contributed by atoms with Gasteiger partial charge in [-0.1, -0.05) is 6.92 Å². The summed E-state index contributed by atoms with van der Waals surface area (Å²) < 4.78 is 13.7. The fraction of sp³-hybridized carbons (Fsp3) is 0.667. The highest BCUT2D eigenvalue weighted by molar-refractivity contribution is 7.31. The lowest BCUT2D eigenvalue weighted by molar-refractivity contribution is 0.261. The van der Waals surface area contributed by atoms with Crippen molar-refractivity contribution in [3.8, 4) is 0 Å². The molecular formula is C3H7O3P. The predicted molar refractivity (Wildman–Crippen MR) is 25.6 cm³/mol. The minimum atomic E-state index is -2.94. The Morgan fingerprint density at radius 3 is 2.43 bits per heavy atom. The van der Waals surface area contributed by atoms with Crippen molar-refractivity contribution < 1.29 is 14.0 Å². The van der Waals surface area contributed by atoms with E-state index in [-0.39, 0.29) is 6.61 Å². The van der Waals surface area contributed by atoms with Gasteiger partial charge in [-0.15, -0.1) is 4.89 Å². The first-order valence-corrected chi connectivity index (χ1v) is 3.13. The van der Waals surface area contributed by atoms with Crippen molar-refractivity contribution in [1.82, 2.24) is 0 Å². The SMILES string of the molecule is [CH2]CCO[PH]([O])=O. The lowest BCUT2D eigenvalue weighted by Gasteiger charge is -1.89. The van der Waals surface area contributed by atoms with Crippen molar-refractivity contribution in [2.75, 3.05) is 6.61 Å². The molecule has 0 aromatic carbocycles. The van der Waals surface area contributed by atoms with Gasteiger partial charge in [-0.3, -0.25) is 4.57 Å². The lowest BCUT2D eigenvalue weighted by atomic mass is 10.5. The Bertz CT molecular complexity index is 63.2. The third-order valence-corrected chi connectivity index (χ3v) is 0.804. The lowest BCUT2D eigenvalue weighted by Crippen LogP contribution is -1.79. The van der Waals surface area contributed by atoms with E-state index in [4.69, 9.17) is 0 Å². The van der Waals surface area contributed by atoms with Crippen LogP contribution in [0, 0.1) is 6.92 Å². The normalized spacial score (nSPS) is 14.0. The van der Waals surface area contributed by atoms with Crippen molar-refractivity contribution in [2.45, 2.75) is 6.42 Å². The molecule has 0 aliphatic heterocycles. The molecule has 0 rings (SSSR count). The van der Waals surface area contributed by atoms with Crippen LogP contribution in [0.4, 0.5) is 0 Å². The molecule has 0 saturated heterocycles. The van der Waals surface area contributed by atoms with Gasteiger partial charge in [-0.25, -0.2) is 0 Å². The first-order chi connectivity index (χ1) is 3.27. The Balaban J connectivity index is 2.82. The minimum absolute atomic E-state index is 0.210. The van der Waals surface area contributed by atoms with Crippen molar-refractivity contribution in [2.24, 2.45) is 0 Å². The van der Waals surface area contributed by atoms with Crippen LogP contribution in [0.25, 0.3) is 0 Å². The van der Waals surface area contributed by atoms with Gasteiger partial charge in [0.1, 0.15) is 0 Å². The molecule has 0 N–H and O–H groups in total. The zero-order valence-electron chi connectivity index (χ0n) is 3.85. The summed E-state index contributed by atoms with van der Waals surface area (Å²) in [5, 5.41) is 0. The second kappa shape index (κ2) is 4.31. The summed E-state index contributed by atoms with van der Waals surface area (Å²) in [4.78, 5) is 9.58. The largest absolute Gasteiger partial charge is 0.347 e. The van der Waals surface area contributed by atoms with Crippen molar-refractivity contribution in [3.63, 3.8) is 0 Å². The molecule has 3 nitrogen and oxygen atoms in total. The van der Waals surface area contributed by atoms with Gasteiger partial charge in [0.25, 0.3) is 0 Å². The quantitative estimate of drug-likeness (QED) is 0.525. The first kappa shape index (κ1) is 7.15. The van der Waals surface area contributed by atoms with Gasteiger partial charge >= 0.3 is 8.25 Å². The molecule has 0 aliphatic carbocycles. The highest BCUT2D eigenvalue weighted by Gasteiger charge is 1.87. The van der Waals surface area contributed by atoms with E-state index >= 15 is 0 Å². The van der Waals surface area contributed by atoms with Crippen LogP contribution >= 0.6 is 8.25 Å². The first-order valence-electron chi connectivity index (χ1n) is 1.90. The van der Waals surface area contributed by atoms with Crippen LogP contribution < -0.4 is 0 Å². The van der Waals surface area contributed by atoms with Crippen molar-refractivity contribution in [1.29, 1.82) is 0 Å². The molecule has 42 valence electrons. The van der Waals surface area contributed by atoms with Crippen LogP contribution in [0.2, 0.25) is 0 Å². The molecule has 1 atom stereocenters. The van der Waals surface area contributed by atoms with Gasteiger partial charge in [0.15, 0.2) is 0 Å². The molecule has 0 aliphatic rings. The second-order valence-corrected chi connectivity index (χ2v) is 1.74. The second-order valence-electron chi connectivity index (χ2n) is 0.952. The van der Waals surface area contributed by atoms with E-state index in [0.717, 1.165) is 0 Å². The van der Waals surface area contributed by atoms with E-state index < -0.39 is 8.25 Å². The average molecular weight is 122 g/mol. The van der Waals surface area contributed by atoms with Crippen LogP contribution in [0.1, 0.15) is 6.42 Å². The van der Waals surface area contributed by atoms with Crippen LogP contribution in [0.3, 0.4) is 0 Å². The fourth-order valence-electron chi connectivity index (χ4n) is 0.156. The van der Waals surface area contributed by atoms with Gasteiger partial charge in [0.05, 0.1) is 6.61 Å². The summed E-state index contributed by atoms with van der Waals surface area (Å²) in [7, 11) is -2.94. The van der Waals surface area contributed by atoms with Crippen molar-refractivity contribution >= 4 is 8.25 Å². The summed E-state index contributed by atoms with van der Waals surface area (Å²) in [5.41, 5.74) is 0. The van der Waals surface area contributed by atoms with Gasteiger partial charge in [0.2, 0.25) is 0 Å². The van der Waals surface area contributed by atoms with Crippen molar-refractivity contribution in [3.05, 3.63) is 6.92 Å². The van der Waals surface area contributed by atoms with E-state index in [1.807, 2.05) is 0 Å². The monoisotopic (exact) mass is 122 g/mol. The Kier molecular flexibility index (Phi) is 4.41. The minimum Gasteiger partial charge on any atom is -0.309 e. The highest BCUT2D eigenvalue weighted by atomic mass is 31.1. The third kappa shape index (κ3) is 6.15. The molecule has 0 aromatic rings. The number of rotatable bonds is 3. The molecule has 0 spiro atoms. The van der Waals surface area contributed by atoms with Crippen LogP contribution in [-0.2, 0) is 14.0 Å². The Morgan fingerprint density at radius 2 is 2.29 bits per heavy atom. The zero-order chi connectivity index (χ0) is 5.70. The molecule has 0 aromatic heterocycles. The maximum Gasteiger partial charge on any atom is 0.347 e. The van der Waals surface area contributed by atoms with E-state index in [2.05, 4.69) is 11.4 Å². The van der Waals surface area contributed by atoms with Crippen LogP contribution in [0.15, 0.2) is 0 Å². The highest BCUT2D eigenvalue weighted by Crippen LogP contribution is 2.14. The van der Waals surface area contributed by atoms with Crippen LogP contribution in [-0.4, -0.2) is 6.61 Å². The smallest absolute Gasteiger partial charge is 0.309 e. The molecule has 0 saturated carbocycles. The predicted octanol–water partition coefficient (Wildman–Crippen LogP) is 1.05. The summed E-state index contributed by atoms with van der Waals surface area (Å²) in [5.74, 6) is 0. The molecule has 0 heterocycles. The van der Waals surface area contributed by atoms with Gasteiger partial charge < -0.3 is 4.52 Å². The molecule has 0 bridgehead atoms. The fourth-order valence-corrected chi connectivity index (χ4v) is 0.467. The molecule has 2 radical (unpaired) electrons. The van der Waals surface area contributed by atoms with E-state index in [0.29, 0.717) is 6.42 Å². The Hall–Kier alpha value is 0.150. The van der Waals surface area contributed by atoms with E-state index in [9.17, 15) is 9.46 Å². The molecular weight excluding hydrogens is 115 g/mol. The maximum atomic E-state index is 9.58. The molecule has 0 amide bonds. The van der Waals surface area contributed by atoms with Gasteiger partial charge in [-0.05, 0) is 6.42 Å². The summed E-state index contributed by atoms with van der Waals surface area (Å²) in [6.45, 7) is 3.58. The number of hydrogen-bond acceptors (Lipinski definition) is 2. The summed E-state index contributed by atoms with van der Waals surface area (Å²) >= 11 is 0. The van der Waals surface area contributed by atoms with Gasteiger partial charge in [0, 0.05) is 0 Å². The number of hydrogen-bond donors (Lipinski definition) is 0. The maximum absolute atomic E-state index is 9.58. The average Bonchev–Trinajstić information content (AvgIpc) is 1.61. The van der Waals surface area contributed by atoms with E-state index in [1.165, 1.54) is 0 Å². The third-order valence-electron chi connectivity index (χ3n) is 0.364. The zero-order valence-corrected chi connectivity index (χ0v) is 4.85. The molecule has 4 heteroatoms. The van der Waals surface area contributed by atoms with Gasteiger partial charge in [-0.2, -0.15) is 0 Å². The summed E-state index contributed by atoms with van der Waals surface area (Å²) in [6, 6.07) is 0. The Labute approximate surface area is 43.3 Å². The van der Waals surface area contributed by atoms with Crippen LogP contribution in [0.5, 0.6) is 0 Å². The molecule has 0 fully saturated rings. The standard InChI is InChI=1S/C3H7O3P/c1-2-3-6-7(4)5/h7H,1-3H2. The Morgan fingerprint density at radius 1 is 1.71 bits per heavy atom.